The number of carbonyl (C=O) groups is 1. The predicted octanol–water partition coefficient (Wildman–Crippen LogP) is 2.71. The summed E-state index contributed by atoms with van der Waals surface area (Å²) >= 11 is 0. The van der Waals surface area contributed by atoms with Crippen molar-refractivity contribution in [3.8, 4) is 0 Å². The third-order valence-electron chi connectivity index (χ3n) is 3.77. The summed E-state index contributed by atoms with van der Waals surface area (Å²) in [5.74, 6) is 0.106. The Bertz CT molecular complexity index is 697. The third-order valence-corrected chi connectivity index (χ3v) is 3.77. The standard InChI is InChI=1S/C17H21F3N4O/c1-22(2)16(25)15(13-7-5-4-6-8-13)23(3)11-14-21-9-10-24(14)12-17(18,19)20/h4-10,15H,11-12H2,1-3H3/t15-/m1/s1. The zero-order valence-corrected chi connectivity index (χ0v) is 14.4. The molecule has 0 unspecified atom stereocenters. The number of benzene rings is 1. The molecule has 5 nitrogen and oxygen atoms in total. The fourth-order valence-electron chi connectivity index (χ4n) is 2.61. The molecule has 8 heteroatoms. The van der Waals surface area contributed by atoms with E-state index in [-0.39, 0.29) is 18.3 Å². The number of halogens is 3. The topological polar surface area (TPSA) is 41.4 Å². The second-order valence-electron chi connectivity index (χ2n) is 6.05. The van der Waals surface area contributed by atoms with E-state index in [1.807, 2.05) is 30.3 Å². The van der Waals surface area contributed by atoms with Crippen molar-refractivity contribution in [3.63, 3.8) is 0 Å². The lowest BCUT2D eigenvalue weighted by molar-refractivity contribution is -0.141. The molecule has 2 aromatic rings. The molecular weight excluding hydrogens is 333 g/mol. The Morgan fingerprint density at radius 3 is 2.40 bits per heavy atom. The van der Waals surface area contributed by atoms with E-state index in [9.17, 15) is 18.0 Å². The van der Waals surface area contributed by atoms with Crippen molar-refractivity contribution in [2.75, 3.05) is 21.1 Å². The van der Waals surface area contributed by atoms with E-state index in [0.29, 0.717) is 0 Å². The molecule has 0 N–H and O–H groups in total. The zero-order chi connectivity index (χ0) is 18.6. The van der Waals surface area contributed by atoms with Gasteiger partial charge in [-0.1, -0.05) is 30.3 Å². The van der Waals surface area contributed by atoms with Crippen LogP contribution in [0.1, 0.15) is 17.4 Å². The average Bonchev–Trinajstić information content (AvgIpc) is 2.93. The average molecular weight is 354 g/mol. The first kappa shape index (κ1) is 19.0. The summed E-state index contributed by atoms with van der Waals surface area (Å²) in [5.41, 5.74) is 0.776. The number of likely N-dealkylation sites (N-methyl/N-ethyl adjacent to an activating group) is 2. The summed E-state index contributed by atoms with van der Waals surface area (Å²) in [4.78, 5) is 19.8. The second-order valence-corrected chi connectivity index (χ2v) is 6.05. The van der Waals surface area contributed by atoms with Gasteiger partial charge in [-0.2, -0.15) is 13.2 Å². The molecule has 0 spiro atoms. The van der Waals surface area contributed by atoms with Gasteiger partial charge < -0.3 is 9.47 Å². The quantitative estimate of drug-likeness (QED) is 0.801. The van der Waals surface area contributed by atoms with Crippen LogP contribution >= 0.6 is 0 Å². The van der Waals surface area contributed by atoms with Gasteiger partial charge >= 0.3 is 6.18 Å². The highest BCUT2D eigenvalue weighted by atomic mass is 19.4. The number of alkyl halides is 3. The minimum Gasteiger partial charge on any atom is -0.347 e. The maximum Gasteiger partial charge on any atom is 0.406 e. The van der Waals surface area contributed by atoms with E-state index in [1.54, 1.807) is 26.0 Å². The van der Waals surface area contributed by atoms with E-state index in [2.05, 4.69) is 4.98 Å². The number of carbonyl (C=O) groups excluding carboxylic acids is 1. The first-order valence-electron chi connectivity index (χ1n) is 7.72. The van der Waals surface area contributed by atoms with E-state index < -0.39 is 18.8 Å². The lowest BCUT2D eigenvalue weighted by Gasteiger charge is -2.29. The van der Waals surface area contributed by atoms with Gasteiger partial charge in [-0.25, -0.2) is 4.98 Å². The summed E-state index contributed by atoms with van der Waals surface area (Å²) in [6.07, 6.45) is -1.70. The molecule has 1 heterocycles. The van der Waals surface area contributed by atoms with Gasteiger partial charge in [0.05, 0.1) is 6.54 Å². The van der Waals surface area contributed by atoms with Crippen LogP contribution in [0.3, 0.4) is 0 Å². The molecule has 1 aromatic carbocycles. The van der Waals surface area contributed by atoms with Crippen LogP contribution < -0.4 is 0 Å². The Kier molecular flexibility index (Phi) is 5.84. The molecule has 0 fully saturated rings. The molecule has 1 amide bonds. The molecule has 1 atom stereocenters. The van der Waals surface area contributed by atoms with E-state index >= 15 is 0 Å². The maximum atomic E-state index is 12.7. The number of aromatic nitrogens is 2. The molecule has 0 aliphatic carbocycles. The highest BCUT2D eigenvalue weighted by Crippen LogP contribution is 2.24. The first-order chi connectivity index (χ1) is 11.7. The smallest absolute Gasteiger partial charge is 0.347 e. The third kappa shape index (κ3) is 5.06. The molecule has 0 aliphatic heterocycles. The molecular formula is C17H21F3N4O. The van der Waals surface area contributed by atoms with Gasteiger partial charge in [0.1, 0.15) is 18.4 Å². The monoisotopic (exact) mass is 354 g/mol. The van der Waals surface area contributed by atoms with Crippen LogP contribution in [0.15, 0.2) is 42.7 Å². The van der Waals surface area contributed by atoms with Gasteiger partial charge in [0.25, 0.3) is 0 Å². The van der Waals surface area contributed by atoms with Gasteiger partial charge in [0.2, 0.25) is 5.91 Å². The van der Waals surface area contributed by atoms with Gasteiger partial charge in [0.15, 0.2) is 0 Å². The first-order valence-corrected chi connectivity index (χ1v) is 7.72. The van der Waals surface area contributed by atoms with E-state index in [1.165, 1.54) is 17.3 Å². The molecule has 25 heavy (non-hydrogen) atoms. The van der Waals surface area contributed by atoms with Crippen molar-refractivity contribution in [1.82, 2.24) is 19.4 Å². The number of amides is 1. The number of hydrogen-bond acceptors (Lipinski definition) is 3. The van der Waals surface area contributed by atoms with Crippen molar-refractivity contribution in [1.29, 1.82) is 0 Å². The summed E-state index contributed by atoms with van der Waals surface area (Å²) in [6, 6.07) is 8.53. The molecule has 0 aliphatic rings. The number of imidazole rings is 1. The van der Waals surface area contributed by atoms with E-state index in [4.69, 9.17) is 0 Å². The van der Waals surface area contributed by atoms with Crippen LogP contribution in [0.4, 0.5) is 13.2 Å². The van der Waals surface area contributed by atoms with Crippen LogP contribution in [-0.2, 0) is 17.9 Å². The largest absolute Gasteiger partial charge is 0.406 e. The van der Waals surface area contributed by atoms with Crippen LogP contribution in [0.5, 0.6) is 0 Å². The fourth-order valence-corrected chi connectivity index (χ4v) is 2.61. The summed E-state index contributed by atoms with van der Waals surface area (Å²) in [7, 11) is 5.00. The Balaban J connectivity index is 2.25. The second kappa shape index (κ2) is 7.69. The van der Waals surface area contributed by atoms with Gasteiger partial charge in [0, 0.05) is 26.5 Å². The van der Waals surface area contributed by atoms with Crippen molar-refractivity contribution in [2.24, 2.45) is 0 Å². The van der Waals surface area contributed by atoms with E-state index in [0.717, 1.165) is 10.1 Å². The minimum atomic E-state index is -4.33. The summed E-state index contributed by atoms with van der Waals surface area (Å²) in [6.45, 7) is -0.990. The Labute approximate surface area is 144 Å². The van der Waals surface area contributed by atoms with Gasteiger partial charge in [-0.05, 0) is 12.6 Å². The van der Waals surface area contributed by atoms with Crippen LogP contribution in [-0.4, -0.2) is 52.6 Å². The maximum absolute atomic E-state index is 12.7. The van der Waals surface area contributed by atoms with Gasteiger partial charge in [-0.15, -0.1) is 0 Å². The van der Waals surface area contributed by atoms with Crippen LogP contribution in [0.25, 0.3) is 0 Å². The minimum absolute atomic E-state index is 0.113. The Hall–Kier alpha value is -2.35. The van der Waals surface area contributed by atoms with Crippen molar-refractivity contribution in [3.05, 3.63) is 54.1 Å². The van der Waals surface area contributed by atoms with Crippen molar-refractivity contribution in [2.45, 2.75) is 25.3 Å². The lowest BCUT2D eigenvalue weighted by atomic mass is 10.0. The molecule has 0 bridgehead atoms. The number of hydrogen-bond donors (Lipinski definition) is 0. The number of nitrogens with zero attached hydrogens (tertiary/aromatic N) is 4. The molecule has 1 aromatic heterocycles. The van der Waals surface area contributed by atoms with Crippen molar-refractivity contribution < 1.29 is 18.0 Å². The van der Waals surface area contributed by atoms with Crippen LogP contribution in [0.2, 0.25) is 0 Å². The SMILES string of the molecule is CN(C)C(=O)[C@@H](c1ccccc1)N(C)Cc1nccn1CC(F)(F)F. The highest BCUT2D eigenvalue weighted by Gasteiger charge is 2.31. The van der Waals surface area contributed by atoms with Crippen LogP contribution in [0, 0.1) is 0 Å². The normalized spacial score (nSPS) is 13.1. The van der Waals surface area contributed by atoms with Gasteiger partial charge in [-0.3, -0.25) is 9.69 Å². The number of rotatable bonds is 6. The zero-order valence-electron chi connectivity index (χ0n) is 14.4. The van der Waals surface area contributed by atoms with Crippen molar-refractivity contribution >= 4 is 5.91 Å². The Morgan fingerprint density at radius 2 is 1.84 bits per heavy atom. The molecule has 0 saturated heterocycles. The Morgan fingerprint density at radius 1 is 1.20 bits per heavy atom. The highest BCUT2D eigenvalue weighted by molar-refractivity contribution is 5.82. The molecule has 136 valence electrons. The summed E-state index contributed by atoms with van der Waals surface area (Å²) < 4.78 is 39.1. The fraction of sp³-hybridized carbons (Fsp3) is 0.412. The molecule has 0 saturated carbocycles. The lowest BCUT2D eigenvalue weighted by Crippen LogP contribution is -2.38. The summed E-state index contributed by atoms with van der Waals surface area (Å²) in [5, 5.41) is 0. The molecule has 0 radical (unpaired) electrons. The molecule has 2 rings (SSSR count). The predicted molar refractivity (Wildman–Crippen MR) is 87.6 cm³/mol.